The Labute approximate surface area is 67.2 Å². The van der Waals surface area contributed by atoms with Gasteiger partial charge in [-0.05, 0) is 12.5 Å². The fraction of sp³-hybridized carbons (Fsp3) is 0.667. The first-order valence-corrected chi connectivity index (χ1v) is 3.96. The Morgan fingerprint density at radius 3 is 2.82 bits per heavy atom. The van der Waals surface area contributed by atoms with Crippen LogP contribution in [0.3, 0.4) is 0 Å². The van der Waals surface area contributed by atoms with Crippen LogP contribution in [0.2, 0.25) is 0 Å². The summed E-state index contributed by atoms with van der Waals surface area (Å²) in [7, 11) is 1.69. The van der Waals surface area contributed by atoms with Gasteiger partial charge < -0.3 is 4.74 Å². The molecule has 0 fully saturated rings. The van der Waals surface area contributed by atoms with Gasteiger partial charge in [-0.15, -0.1) is 0 Å². The van der Waals surface area contributed by atoms with Crippen molar-refractivity contribution in [2.24, 2.45) is 5.92 Å². The van der Waals surface area contributed by atoms with Gasteiger partial charge in [-0.3, -0.25) is 4.79 Å². The normalized spacial score (nSPS) is 20.2. The molecule has 0 aliphatic heterocycles. The Hall–Kier alpha value is -0.630. The van der Waals surface area contributed by atoms with Crippen LogP contribution in [0.5, 0.6) is 0 Å². The molecular weight excluding hydrogens is 140 g/mol. The van der Waals surface area contributed by atoms with Crippen LogP contribution in [-0.2, 0) is 9.53 Å². The van der Waals surface area contributed by atoms with Gasteiger partial charge in [0.1, 0.15) is 0 Å². The molecule has 0 heterocycles. The first kappa shape index (κ1) is 8.47. The fourth-order valence-electron chi connectivity index (χ4n) is 1.36. The maximum atomic E-state index is 10.8. The lowest BCUT2D eigenvalue weighted by atomic mass is 10.0. The number of methoxy groups -OCH3 is 1. The summed E-state index contributed by atoms with van der Waals surface area (Å²) < 4.78 is 5.00. The van der Waals surface area contributed by atoms with E-state index in [1.807, 2.05) is 0 Å². The highest BCUT2D eigenvalue weighted by molar-refractivity contribution is 5.93. The molecule has 0 saturated heterocycles. The number of ether oxygens (including phenoxy) is 1. The van der Waals surface area contributed by atoms with E-state index in [0.717, 1.165) is 13.0 Å². The van der Waals surface area contributed by atoms with Gasteiger partial charge in [0.05, 0.1) is 6.61 Å². The SMILES string of the molecule is COCC(C)C1=CC(=O)CC1. The predicted molar refractivity (Wildman–Crippen MR) is 43.4 cm³/mol. The van der Waals surface area contributed by atoms with Crippen LogP contribution in [0.4, 0.5) is 0 Å². The van der Waals surface area contributed by atoms with Crippen molar-refractivity contribution in [3.63, 3.8) is 0 Å². The summed E-state index contributed by atoms with van der Waals surface area (Å²) in [6.07, 6.45) is 3.40. The third-order valence-electron chi connectivity index (χ3n) is 2.06. The number of carbonyl (C=O) groups is 1. The Morgan fingerprint density at radius 2 is 2.36 bits per heavy atom. The molecule has 1 unspecified atom stereocenters. The molecular formula is C9H14O2. The fourth-order valence-corrected chi connectivity index (χ4v) is 1.36. The van der Waals surface area contributed by atoms with Gasteiger partial charge in [0, 0.05) is 19.4 Å². The topological polar surface area (TPSA) is 26.3 Å². The van der Waals surface area contributed by atoms with Crippen LogP contribution in [0, 0.1) is 5.92 Å². The van der Waals surface area contributed by atoms with Gasteiger partial charge in [0.15, 0.2) is 5.78 Å². The lowest BCUT2D eigenvalue weighted by Gasteiger charge is -2.09. The molecule has 0 aromatic carbocycles. The third kappa shape index (κ3) is 2.15. The molecule has 1 aliphatic carbocycles. The maximum Gasteiger partial charge on any atom is 0.155 e. The Bertz CT molecular complexity index is 182. The first-order chi connectivity index (χ1) is 5.24. The van der Waals surface area contributed by atoms with Crippen molar-refractivity contribution >= 4 is 5.78 Å². The number of allylic oxidation sites excluding steroid dienone is 1. The van der Waals surface area contributed by atoms with Crippen molar-refractivity contribution in [2.75, 3.05) is 13.7 Å². The predicted octanol–water partition coefficient (Wildman–Crippen LogP) is 1.56. The molecule has 1 rings (SSSR count). The Kier molecular flexibility index (Phi) is 2.83. The molecule has 1 atom stereocenters. The Morgan fingerprint density at radius 1 is 1.64 bits per heavy atom. The number of ketones is 1. The highest BCUT2D eigenvalue weighted by Crippen LogP contribution is 2.22. The van der Waals surface area contributed by atoms with E-state index in [9.17, 15) is 4.79 Å². The van der Waals surface area contributed by atoms with Crippen LogP contribution < -0.4 is 0 Å². The molecule has 2 heteroatoms. The molecule has 11 heavy (non-hydrogen) atoms. The van der Waals surface area contributed by atoms with Gasteiger partial charge in [0.2, 0.25) is 0 Å². The second-order valence-electron chi connectivity index (χ2n) is 3.04. The zero-order valence-corrected chi connectivity index (χ0v) is 7.09. The third-order valence-corrected chi connectivity index (χ3v) is 2.06. The van der Waals surface area contributed by atoms with Gasteiger partial charge in [0.25, 0.3) is 0 Å². The van der Waals surface area contributed by atoms with Crippen LogP contribution >= 0.6 is 0 Å². The molecule has 0 N–H and O–H groups in total. The summed E-state index contributed by atoms with van der Waals surface area (Å²) in [5.41, 5.74) is 1.25. The summed E-state index contributed by atoms with van der Waals surface area (Å²) in [6.45, 7) is 2.81. The van der Waals surface area contributed by atoms with Crippen molar-refractivity contribution < 1.29 is 9.53 Å². The zero-order valence-electron chi connectivity index (χ0n) is 7.09. The van der Waals surface area contributed by atoms with E-state index >= 15 is 0 Å². The van der Waals surface area contributed by atoms with E-state index in [2.05, 4.69) is 6.92 Å². The molecule has 0 aromatic rings. The summed E-state index contributed by atoms with van der Waals surface area (Å²) in [5.74, 6) is 0.675. The highest BCUT2D eigenvalue weighted by atomic mass is 16.5. The summed E-state index contributed by atoms with van der Waals surface area (Å²) in [4.78, 5) is 10.8. The second-order valence-corrected chi connectivity index (χ2v) is 3.04. The molecule has 0 spiro atoms. The molecule has 0 bridgehead atoms. The molecule has 2 nitrogen and oxygen atoms in total. The van der Waals surface area contributed by atoms with Crippen molar-refractivity contribution in [2.45, 2.75) is 19.8 Å². The molecule has 0 saturated carbocycles. The van der Waals surface area contributed by atoms with Crippen LogP contribution in [0.1, 0.15) is 19.8 Å². The minimum atomic E-state index is 0.267. The van der Waals surface area contributed by atoms with Crippen molar-refractivity contribution in [3.05, 3.63) is 11.6 Å². The second kappa shape index (κ2) is 3.67. The minimum Gasteiger partial charge on any atom is -0.384 e. The summed E-state index contributed by atoms with van der Waals surface area (Å²) in [6, 6.07) is 0. The van der Waals surface area contributed by atoms with E-state index in [1.54, 1.807) is 13.2 Å². The number of hydrogen-bond acceptors (Lipinski definition) is 2. The van der Waals surface area contributed by atoms with E-state index in [1.165, 1.54) is 5.57 Å². The van der Waals surface area contributed by atoms with Crippen LogP contribution in [0.25, 0.3) is 0 Å². The Balaban J connectivity index is 2.47. The first-order valence-electron chi connectivity index (χ1n) is 3.96. The highest BCUT2D eigenvalue weighted by Gasteiger charge is 2.16. The van der Waals surface area contributed by atoms with Gasteiger partial charge in [-0.2, -0.15) is 0 Å². The van der Waals surface area contributed by atoms with E-state index in [4.69, 9.17) is 4.74 Å². The van der Waals surface area contributed by atoms with Crippen molar-refractivity contribution in [1.29, 1.82) is 0 Å². The summed E-state index contributed by atoms with van der Waals surface area (Å²) >= 11 is 0. The van der Waals surface area contributed by atoms with Gasteiger partial charge in [-0.25, -0.2) is 0 Å². The lowest BCUT2D eigenvalue weighted by Crippen LogP contribution is -2.05. The largest absolute Gasteiger partial charge is 0.384 e. The zero-order chi connectivity index (χ0) is 8.27. The average Bonchev–Trinajstić information content (AvgIpc) is 2.36. The number of carbonyl (C=O) groups excluding carboxylic acids is 1. The molecule has 0 aromatic heterocycles. The van der Waals surface area contributed by atoms with Crippen molar-refractivity contribution in [3.8, 4) is 0 Å². The van der Waals surface area contributed by atoms with E-state index < -0.39 is 0 Å². The summed E-state index contributed by atoms with van der Waals surface area (Å²) in [5, 5.41) is 0. The van der Waals surface area contributed by atoms with Gasteiger partial charge >= 0.3 is 0 Å². The molecule has 0 radical (unpaired) electrons. The number of rotatable bonds is 3. The molecule has 1 aliphatic rings. The average molecular weight is 154 g/mol. The van der Waals surface area contributed by atoms with E-state index in [0.29, 0.717) is 12.3 Å². The minimum absolute atomic E-state index is 0.267. The lowest BCUT2D eigenvalue weighted by molar-refractivity contribution is -0.114. The smallest absolute Gasteiger partial charge is 0.155 e. The van der Waals surface area contributed by atoms with E-state index in [-0.39, 0.29) is 5.78 Å². The quantitative estimate of drug-likeness (QED) is 0.616. The van der Waals surface area contributed by atoms with Crippen LogP contribution in [-0.4, -0.2) is 19.5 Å². The van der Waals surface area contributed by atoms with Crippen LogP contribution in [0.15, 0.2) is 11.6 Å². The van der Waals surface area contributed by atoms with Gasteiger partial charge in [-0.1, -0.05) is 12.5 Å². The van der Waals surface area contributed by atoms with Crippen molar-refractivity contribution in [1.82, 2.24) is 0 Å². The number of hydrogen-bond donors (Lipinski definition) is 0. The molecule has 0 amide bonds. The molecule has 62 valence electrons. The monoisotopic (exact) mass is 154 g/mol. The maximum absolute atomic E-state index is 10.8. The standard InChI is InChI=1S/C9H14O2/c1-7(6-11-2)8-3-4-9(10)5-8/h5,7H,3-4,6H2,1-2H3.